The van der Waals surface area contributed by atoms with Gasteiger partial charge in [-0.3, -0.25) is 9.50 Å². The third-order valence-corrected chi connectivity index (χ3v) is 3.75. The number of hydrogen-bond acceptors (Lipinski definition) is 5. The predicted molar refractivity (Wildman–Crippen MR) is 113 cm³/mol. The second kappa shape index (κ2) is 12.3. The Morgan fingerprint density at radius 3 is 1.62 bits per heavy atom. The van der Waals surface area contributed by atoms with Crippen molar-refractivity contribution < 1.29 is 29.6 Å². The Bertz CT molecular complexity index is 920. The molecule has 0 aliphatic rings. The Kier molecular flexibility index (Phi) is 10.1. The molecule has 10 heteroatoms. The number of carbonyl (C=O) groups is 1. The van der Waals surface area contributed by atoms with Crippen LogP contribution in [-0.2, 0) is 0 Å². The van der Waals surface area contributed by atoms with Crippen LogP contribution in [0.15, 0.2) is 79.1 Å². The van der Waals surface area contributed by atoms with Crippen LogP contribution in [-0.4, -0.2) is 50.6 Å². The summed E-state index contributed by atoms with van der Waals surface area (Å²) in [5, 5.41) is 35.9. The summed E-state index contributed by atoms with van der Waals surface area (Å²) in [5.74, 6) is 0. The normalized spacial score (nSPS) is 9.24. The Labute approximate surface area is 167 Å². The molecule has 6 N–H and O–H groups in total. The molecular weight excluding hydrogens is 377 g/mol. The molecule has 0 aliphatic carbocycles. The van der Waals surface area contributed by atoms with Gasteiger partial charge in [-0.25, -0.2) is 0 Å². The highest BCUT2D eigenvalue weighted by Gasteiger charge is 2.09. The van der Waals surface area contributed by atoms with Crippen molar-refractivity contribution >= 4 is 42.5 Å². The summed E-state index contributed by atoms with van der Waals surface area (Å²) in [6, 6.07) is 20.2. The molecule has 2 heterocycles. The Hall–Kier alpha value is -3.17. The van der Waals surface area contributed by atoms with Gasteiger partial charge in [-0.2, -0.15) is 0 Å². The number of aldehydes is 1. The monoisotopic (exact) mass is 398 g/mol. The lowest BCUT2D eigenvalue weighted by atomic mass is 9.87. The smallest absolute Gasteiger partial charge is 0.422 e. The van der Waals surface area contributed by atoms with Crippen molar-refractivity contribution in [3.63, 3.8) is 0 Å². The molecule has 0 saturated carbocycles. The van der Waals surface area contributed by atoms with Crippen LogP contribution in [0.1, 0.15) is 10.4 Å². The maximum absolute atomic E-state index is 10.6. The first-order chi connectivity index (χ1) is 13.5. The molecule has 0 spiro atoms. The highest BCUT2D eigenvalue weighted by atomic mass is 19.0. The number of nitrogens with one attached hydrogen (secondary N) is 2. The van der Waals surface area contributed by atoms with Crippen LogP contribution < -0.4 is 11.2 Å². The molecule has 7 nitrogen and oxygen atoms in total. The minimum Gasteiger partial charge on any atom is -0.422 e. The summed E-state index contributed by atoms with van der Waals surface area (Å²) < 4.78 is 0. The third-order valence-electron chi connectivity index (χ3n) is 3.75. The molecule has 0 aliphatic heterocycles. The van der Waals surface area contributed by atoms with Crippen LogP contribution in [0, 0.1) is 0 Å². The molecule has 4 rings (SSSR count). The molecule has 0 radical (unpaired) electrons. The van der Waals surface area contributed by atoms with Crippen LogP contribution in [0.5, 0.6) is 0 Å². The molecular formula is C19H21B2FN2O5. The molecule has 4 aromatic rings. The lowest BCUT2D eigenvalue weighted by Crippen LogP contribution is -2.30. The van der Waals surface area contributed by atoms with Crippen molar-refractivity contribution in [2.45, 2.75) is 0 Å². The number of aromatic amines is 2. The number of H-pyrrole nitrogens is 2. The predicted octanol–water partition coefficient (Wildman–Crippen LogP) is 0.194. The average Bonchev–Trinajstić information content (AvgIpc) is 3.42. The van der Waals surface area contributed by atoms with E-state index in [1.807, 2.05) is 42.5 Å². The van der Waals surface area contributed by atoms with Crippen LogP contribution >= 0.6 is 0 Å². The zero-order valence-electron chi connectivity index (χ0n) is 15.3. The number of halogens is 1. The van der Waals surface area contributed by atoms with Gasteiger partial charge in [-0.15, -0.1) is 0 Å². The van der Waals surface area contributed by atoms with Gasteiger partial charge in [0.1, 0.15) is 0 Å². The van der Waals surface area contributed by atoms with Crippen LogP contribution in [0.3, 0.4) is 0 Å². The molecule has 0 amide bonds. The molecule has 0 fully saturated rings. The van der Waals surface area contributed by atoms with Gasteiger partial charge in [0.15, 0.2) is 6.29 Å². The quantitative estimate of drug-likeness (QED) is 0.217. The van der Waals surface area contributed by atoms with Crippen molar-refractivity contribution in [1.29, 1.82) is 0 Å². The third kappa shape index (κ3) is 7.40. The van der Waals surface area contributed by atoms with E-state index in [4.69, 9.17) is 20.1 Å². The summed E-state index contributed by atoms with van der Waals surface area (Å²) >= 11 is 0. The van der Waals surface area contributed by atoms with Crippen molar-refractivity contribution in [2.24, 2.45) is 0 Å². The highest BCUT2D eigenvalue weighted by Crippen LogP contribution is 2.16. The molecule has 0 atom stereocenters. The fraction of sp³-hybridized carbons (Fsp3) is 0. The van der Waals surface area contributed by atoms with E-state index in [-0.39, 0.29) is 4.70 Å². The molecule has 2 aromatic carbocycles. The first-order valence-electron chi connectivity index (χ1n) is 8.44. The number of fused-ring (bicyclic) bond motifs is 1. The van der Waals surface area contributed by atoms with E-state index in [2.05, 4.69) is 9.97 Å². The van der Waals surface area contributed by atoms with Crippen molar-refractivity contribution in [3.8, 4) is 0 Å². The topological polar surface area (TPSA) is 130 Å². The molecule has 150 valence electrons. The van der Waals surface area contributed by atoms with E-state index in [9.17, 15) is 4.79 Å². The number of carbonyl (C=O) groups excluding carboxylic acids is 1. The van der Waals surface area contributed by atoms with E-state index in [0.29, 0.717) is 11.2 Å². The average molecular weight is 398 g/mol. The van der Waals surface area contributed by atoms with Crippen LogP contribution in [0.2, 0.25) is 0 Å². The summed E-state index contributed by atoms with van der Waals surface area (Å²) in [6.07, 6.45) is 4.16. The van der Waals surface area contributed by atoms with Gasteiger partial charge in [0.25, 0.3) is 0 Å². The van der Waals surface area contributed by atoms with Crippen LogP contribution in [0.4, 0.5) is 4.70 Å². The van der Waals surface area contributed by atoms with Gasteiger partial charge in [0.2, 0.25) is 0 Å². The summed E-state index contributed by atoms with van der Waals surface area (Å²) in [6.45, 7) is 0. The maximum Gasteiger partial charge on any atom is 0.505 e. The van der Waals surface area contributed by atoms with E-state index in [0.717, 1.165) is 22.6 Å². The number of benzene rings is 2. The van der Waals surface area contributed by atoms with E-state index in [1.165, 1.54) is 0 Å². The minimum absolute atomic E-state index is 0. The fourth-order valence-electron chi connectivity index (χ4n) is 2.36. The SMILES string of the molecule is F.O=Cc1cccc2ccccc12.OB(O)c1ccc[nH]1.OB(O)c1ccc[nH]1. The second-order valence-electron chi connectivity index (χ2n) is 5.68. The Morgan fingerprint density at radius 1 is 0.690 bits per heavy atom. The fourth-order valence-corrected chi connectivity index (χ4v) is 2.36. The van der Waals surface area contributed by atoms with Gasteiger partial charge in [-0.1, -0.05) is 42.5 Å². The first-order valence-corrected chi connectivity index (χ1v) is 8.44. The van der Waals surface area contributed by atoms with Gasteiger partial charge < -0.3 is 30.1 Å². The van der Waals surface area contributed by atoms with Gasteiger partial charge >= 0.3 is 14.2 Å². The lowest BCUT2D eigenvalue weighted by molar-refractivity contribution is 0.112. The largest absolute Gasteiger partial charge is 0.505 e. The molecule has 2 aromatic heterocycles. The Balaban J connectivity index is 0.000000221. The maximum atomic E-state index is 10.6. The van der Waals surface area contributed by atoms with Gasteiger partial charge in [0.05, 0.1) is 0 Å². The number of rotatable bonds is 3. The Morgan fingerprint density at radius 2 is 1.21 bits per heavy atom. The van der Waals surface area contributed by atoms with Gasteiger partial charge in [-0.05, 0) is 35.0 Å². The van der Waals surface area contributed by atoms with Gasteiger partial charge in [0, 0.05) is 29.1 Å². The molecule has 0 bridgehead atoms. The van der Waals surface area contributed by atoms with E-state index >= 15 is 0 Å². The summed E-state index contributed by atoms with van der Waals surface area (Å²) in [4.78, 5) is 15.9. The summed E-state index contributed by atoms with van der Waals surface area (Å²) in [7, 11) is -2.74. The second-order valence-corrected chi connectivity index (χ2v) is 5.68. The molecule has 29 heavy (non-hydrogen) atoms. The van der Waals surface area contributed by atoms with E-state index < -0.39 is 14.2 Å². The summed E-state index contributed by atoms with van der Waals surface area (Å²) in [5.41, 5.74) is 1.60. The zero-order valence-corrected chi connectivity index (χ0v) is 15.3. The number of aromatic nitrogens is 2. The highest BCUT2D eigenvalue weighted by molar-refractivity contribution is 6.57. The standard InChI is InChI=1S/C11H8O.2C4H6BNO2.FH/c12-8-10-6-3-5-9-4-1-2-7-11(9)10;2*7-5(8)4-2-1-3-6-4;/h1-8H;2*1-3,6-8H;1H. The van der Waals surface area contributed by atoms with Crippen LogP contribution in [0.25, 0.3) is 10.8 Å². The van der Waals surface area contributed by atoms with Crippen molar-refractivity contribution in [1.82, 2.24) is 9.97 Å². The van der Waals surface area contributed by atoms with Crippen molar-refractivity contribution in [3.05, 3.63) is 84.7 Å². The number of hydrogen-bond donors (Lipinski definition) is 6. The zero-order chi connectivity index (χ0) is 20.4. The first kappa shape index (κ1) is 23.9. The lowest BCUT2D eigenvalue weighted by Gasteiger charge is -1.98. The molecule has 0 saturated heterocycles. The molecule has 0 unspecified atom stereocenters. The van der Waals surface area contributed by atoms with Crippen molar-refractivity contribution in [2.75, 3.05) is 0 Å². The van der Waals surface area contributed by atoms with E-state index in [1.54, 1.807) is 36.7 Å². The minimum atomic E-state index is -1.37.